The molecule has 1 atom stereocenters. The average Bonchev–Trinajstić information content (AvgIpc) is 2.87. The lowest BCUT2D eigenvalue weighted by atomic mass is 10.0. The number of phenols is 1. The van der Waals surface area contributed by atoms with E-state index in [0.29, 0.717) is 5.13 Å². The number of para-hydroxylation sites is 1. The Hall–Kier alpha value is -1.92. The van der Waals surface area contributed by atoms with Gasteiger partial charge in [0.2, 0.25) is 5.91 Å². The molecule has 0 saturated carbocycles. The second kappa shape index (κ2) is 6.06. The Morgan fingerprint density at radius 1 is 1.32 bits per heavy atom. The van der Waals surface area contributed by atoms with E-state index in [4.69, 9.17) is 0 Å². The summed E-state index contributed by atoms with van der Waals surface area (Å²) in [5, 5.41) is 13.1. The van der Waals surface area contributed by atoms with Crippen molar-refractivity contribution in [1.29, 1.82) is 0 Å². The van der Waals surface area contributed by atoms with Crippen molar-refractivity contribution in [2.24, 2.45) is 0 Å². The van der Waals surface area contributed by atoms with Crippen molar-refractivity contribution < 1.29 is 9.90 Å². The summed E-state index contributed by atoms with van der Waals surface area (Å²) in [7, 11) is 0. The molecule has 0 saturated heterocycles. The number of nitrogens with one attached hydrogen (secondary N) is 1. The molecule has 6 heteroatoms. The molecule has 22 heavy (non-hydrogen) atoms. The highest BCUT2D eigenvalue weighted by atomic mass is 79.9. The zero-order valence-electron chi connectivity index (χ0n) is 11.7. The van der Waals surface area contributed by atoms with Crippen LogP contribution in [-0.2, 0) is 4.79 Å². The molecular weight excluding hydrogens is 364 g/mol. The van der Waals surface area contributed by atoms with Gasteiger partial charge in [-0.05, 0) is 42.8 Å². The van der Waals surface area contributed by atoms with Crippen LogP contribution in [0.15, 0.2) is 46.9 Å². The van der Waals surface area contributed by atoms with E-state index in [1.165, 1.54) is 11.3 Å². The van der Waals surface area contributed by atoms with Gasteiger partial charge in [-0.25, -0.2) is 4.98 Å². The summed E-state index contributed by atoms with van der Waals surface area (Å²) in [6.07, 6.45) is 0. The van der Waals surface area contributed by atoms with Crippen molar-refractivity contribution in [2.45, 2.75) is 12.8 Å². The number of hydrogen-bond donors (Lipinski definition) is 2. The number of nitrogens with zero attached hydrogens (tertiary/aromatic N) is 1. The molecule has 0 radical (unpaired) electrons. The Balaban J connectivity index is 1.81. The third-order valence-corrected chi connectivity index (χ3v) is 4.73. The maximum atomic E-state index is 12.4. The predicted molar refractivity (Wildman–Crippen MR) is 92.5 cm³/mol. The molecule has 2 aromatic carbocycles. The fraction of sp³-hybridized carbons (Fsp3) is 0.125. The van der Waals surface area contributed by atoms with Crippen LogP contribution in [0.5, 0.6) is 5.75 Å². The quantitative estimate of drug-likeness (QED) is 0.706. The van der Waals surface area contributed by atoms with Crippen LogP contribution in [0.4, 0.5) is 5.13 Å². The van der Waals surface area contributed by atoms with Crippen LogP contribution in [0.3, 0.4) is 0 Å². The minimum absolute atomic E-state index is 0.129. The number of hydrogen-bond acceptors (Lipinski definition) is 4. The van der Waals surface area contributed by atoms with Crippen molar-refractivity contribution >= 4 is 48.5 Å². The molecule has 3 aromatic rings. The molecule has 0 aliphatic heterocycles. The van der Waals surface area contributed by atoms with Crippen LogP contribution in [-0.4, -0.2) is 16.0 Å². The van der Waals surface area contributed by atoms with Crippen molar-refractivity contribution in [3.8, 4) is 5.75 Å². The number of benzene rings is 2. The van der Waals surface area contributed by atoms with E-state index in [9.17, 15) is 9.90 Å². The molecule has 2 N–H and O–H groups in total. The van der Waals surface area contributed by atoms with Crippen molar-refractivity contribution in [1.82, 2.24) is 4.98 Å². The molecule has 3 rings (SSSR count). The smallest absolute Gasteiger partial charge is 0.233 e. The Labute approximate surface area is 139 Å². The van der Waals surface area contributed by atoms with Gasteiger partial charge in [-0.2, -0.15) is 0 Å². The fourth-order valence-electron chi connectivity index (χ4n) is 2.14. The molecule has 0 fully saturated rings. The van der Waals surface area contributed by atoms with E-state index < -0.39 is 5.92 Å². The van der Waals surface area contributed by atoms with E-state index in [1.54, 1.807) is 19.1 Å². The summed E-state index contributed by atoms with van der Waals surface area (Å²) in [6, 6.07) is 12.7. The zero-order valence-corrected chi connectivity index (χ0v) is 14.1. The number of phenolic OH excluding ortho intramolecular Hbond substituents is 1. The lowest BCUT2D eigenvalue weighted by Gasteiger charge is -2.12. The maximum absolute atomic E-state index is 12.4. The highest BCUT2D eigenvalue weighted by Gasteiger charge is 2.18. The fourth-order valence-corrected chi connectivity index (χ4v) is 3.50. The van der Waals surface area contributed by atoms with Crippen LogP contribution in [0.2, 0.25) is 0 Å². The van der Waals surface area contributed by atoms with Gasteiger partial charge in [-0.1, -0.05) is 39.4 Å². The number of halogens is 1. The van der Waals surface area contributed by atoms with Gasteiger partial charge >= 0.3 is 0 Å². The minimum Gasteiger partial charge on any atom is -0.508 e. The third-order valence-electron chi connectivity index (χ3n) is 3.32. The van der Waals surface area contributed by atoms with E-state index in [-0.39, 0.29) is 11.7 Å². The second-order valence-electron chi connectivity index (χ2n) is 4.94. The summed E-state index contributed by atoms with van der Waals surface area (Å²) in [5.74, 6) is -0.420. The molecule has 1 unspecified atom stereocenters. The number of rotatable bonds is 3. The normalized spacial score (nSPS) is 12.3. The van der Waals surface area contributed by atoms with E-state index >= 15 is 0 Å². The molecule has 0 aliphatic carbocycles. The first-order valence-electron chi connectivity index (χ1n) is 6.69. The van der Waals surface area contributed by atoms with Gasteiger partial charge in [0.1, 0.15) is 5.75 Å². The molecule has 0 aliphatic rings. The monoisotopic (exact) mass is 376 g/mol. The first-order chi connectivity index (χ1) is 10.5. The highest BCUT2D eigenvalue weighted by molar-refractivity contribution is 9.10. The Morgan fingerprint density at radius 3 is 2.82 bits per heavy atom. The van der Waals surface area contributed by atoms with Gasteiger partial charge in [0.25, 0.3) is 0 Å². The topological polar surface area (TPSA) is 62.2 Å². The van der Waals surface area contributed by atoms with Gasteiger partial charge in [0.15, 0.2) is 5.13 Å². The highest BCUT2D eigenvalue weighted by Crippen LogP contribution is 2.29. The Kier molecular flexibility index (Phi) is 4.13. The molecule has 0 spiro atoms. The second-order valence-corrected chi connectivity index (χ2v) is 6.89. The average molecular weight is 377 g/mol. The lowest BCUT2D eigenvalue weighted by Crippen LogP contribution is -2.18. The molecule has 1 aromatic heterocycles. The number of aromatic nitrogens is 1. The molecule has 0 bridgehead atoms. The molecule has 1 heterocycles. The van der Waals surface area contributed by atoms with E-state index in [0.717, 1.165) is 20.3 Å². The van der Waals surface area contributed by atoms with Crippen LogP contribution in [0.25, 0.3) is 10.2 Å². The number of aromatic hydroxyl groups is 1. The standard InChI is InChI=1S/C16H13BrN2O2S/c1-9(10-6-11(17)8-12(20)7-10)15(21)19-16-18-13-4-2-3-5-14(13)22-16/h2-9,20H,1H3,(H,18,19,21). The molecule has 112 valence electrons. The Bertz CT molecular complexity index is 794. The first kappa shape index (κ1) is 15.0. The van der Waals surface area contributed by atoms with Gasteiger partial charge in [0, 0.05) is 4.47 Å². The van der Waals surface area contributed by atoms with Crippen LogP contribution < -0.4 is 5.32 Å². The number of carbonyl (C=O) groups is 1. The number of carbonyl (C=O) groups excluding carboxylic acids is 1. The first-order valence-corrected chi connectivity index (χ1v) is 8.30. The lowest BCUT2D eigenvalue weighted by molar-refractivity contribution is -0.117. The summed E-state index contributed by atoms with van der Waals surface area (Å²) < 4.78 is 1.77. The minimum atomic E-state index is -0.393. The van der Waals surface area contributed by atoms with Crippen molar-refractivity contribution in [3.05, 3.63) is 52.5 Å². The molecular formula is C16H13BrN2O2S. The Morgan fingerprint density at radius 2 is 2.09 bits per heavy atom. The maximum Gasteiger partial charge on any atom is 0.233 e. The van der Waals surface area contributed by atoms with Gasteiger partial charge in [0.05, 0.1) is 16.1 Å². The summed E-state index contributed by atoms with van der Waals surface area (Å²) in [4.78, 5) is 16.8. The van der Waals surface area contributed by atoms with Crippen LogP contribution in [0.1, 0.15) is 18.4 Å². The van der Waals surface area contributed by atoms with Crippen LogP contribution >= 0.6 is 27.3 Å². The summed E-state index contributed by atoms with van der Waals surface area (Å²) >= 11 is 4.76. The van der Waals surface area contributed by atoms with E-state index in [2.05, 4.69) is 26.2 Å². The number of anilines is 1. The predicted octanol–water partition coefficient (Wildman–Crippen LogP) is 4.51. The SMILES string of the molecule is CC(C(=O)Nc1nc2ccccc2s1)c1cc(O)cc(Br)c1. The molecule has 1 amide bonds. The largest absolute Gasteiger partial charge is 0.508 e. The number of thiazole rings is 1. The number of fused-ring (bicyclic) bond motifs is 1. The summed E-state index contributed by atoms with van der Waals surface area (Å²) in [6.45, 7) is 1.80. The third kappa shape index (κ3) is 3.13. The van der Waals surface area contributed by atoms with Crippen molar-refractivity contribution in [3.63, 3.8) is 0 Å². The van der Waals surface area contributed by atoms with Crippen LogP contribution in [0, 0.1) is 0 Å². The van der Waals surface area contributed by atoms with Gasteiger partial charge in [-0.15, -0.1) is 0 Å². The number of amides is 1. The summed E-state index contributed by atoms with van der Waals surface area (Å²) in [5.41, 5.74) is 1.61. The zero-order chi connectivity index (χ0) is 15.7. The van der Waals surface area contributed by atoms with Gasteiger partial charge in [-0.3, -0.25) is 4.79 Å². The van der Waals surface area contributed by atoms with Gasteiger partial charge < -0.3 is 10.4 Å². The molecule has 4 nitrogen and oxygen atoms in total. The van der Waals surface area contributed by atoms with Crippen molar-refractivity contribution in [2.75, 3.05) is 5.32 Å². The van der Waals surface area contributed by atoms with E-state index in [1.807, 2.05) is 30.3 Å².